The zero-order valence-electron chi connectivity index (χ0n) is 10.2. The number of fused-ring (bicyclic) bond motifs is 1. The van der Waals surface area contributed by atoms with Gasteiger partial charge in [0.25, 0.3) is 0 Å². The van der Waals surface area contributed by atoms with E-state index in [2.05, 4.69) is 19.8 Å². The van der Waals surface area contributed by atoms with Gasteiger partial charge in [-0.1, -0.05) is 0 Å². The van der Waals surface area contributed by atoms with Crippen LogP contribution in [0.15, 0.2) is 16.8 Å². The Morgan fingerprint density at radius 1 is 1.42 bits per heavy atom. The van der Waals surface area contributed by atoms with E-state index in [1.54, 1.807) is 6.07 Å². The average molecular weight is 263 g/mol. The van der Waals surface area contributed by atoms with Crippen LogP contribution in [-0.2, 0) is 0 Å². The molecule has 8 heteroatoms. The Morgan fingerprint density at radius 3 is 2.95 bits per heavy atom. The van der Waals surface area contributed by atoms with Crippen LogP contribution < -0.4 is 10.6 Å². The van der Waals surface area contributed by atoms with E-state index < -0.39 is 4.92 Å². The molecule has 1 saturated heterocycles. The number of non-ortho nitro benzene ring substituents is 1. The number of nitrogens with two attached hydrogens (primary N) is 1. The molecule has 2 N–H and O–H groups in total. The smallest absolute Gasteiger partial charge is 0.300 e. The maximum atomic E-state index is 10.9. The summed E-state index contributed by atoms with van der Waals surface area (Å²) in [5.41, 5.74) is 7.25. The molecule has 2 aromatic rings. The molecule has 2 heterocycles. The highest BCUT2D eigenvalue weighted by Gasteiger charge is 2.24. The summed E-state index contributed by atoms with van der Waals surface area (Å²) in [7, 11) is 0. The fourth-order valence-corrected chi connectivity index (χ4v) is 2.47. The van der Waals surface area contributed by atoms with Gasteiger partial charge in [-0.15, -0.1) is 0 Å². The van der Waals surface area contributed by atoms with Crippen molar-refractivity contribution in [3.8, 4) is 0 Å². The van der Waals surface area contributed by atoms with Crippen molar-refractivity contribution < 1.29 is 9.55 Å². The fraction of sp³-hybridized carbons (Fsp3) is 0.455. The molecule has 100 valence electrons. The van der Waals surface area contributed by atoms with Gasteiger partial charge in [-0.2, -0.15) is 0 Å². The molecule has 1 aliphatic rings. The molecule has 1 atom stereocenters. The lowest BCUT2D eigenvalue weighted by Crippen LogP contribution is -2.42. The second-order valence-electron chi connectivity index (χ2n) is 4.67. The van der Waals surface area contributed by atoms with Crippen LogP contribution in [0.5, 0.6) is 0 Å². The van der Waals surface area contributed by atoms with Crippen molar-refractivity contribution in [2.75, 3.05) is 18.0 Å². The van der Waals surface area contributed by atoms with Gasteiger partial charge in [-0.25, -0.2) is 4.63 Å². The largest absolute Gasteiger partial charge is 0.368 e. The predicted molar refractivity (Wildman–Crippen MR) is 67.9 cm³/mol. The standard InChI is InChI=1S/C11H13N5O3/c12-7-2-1-5-15(6-7)8-3-4-9(16(17)18)11-10(8)13-19-14-11/h3-4,7H,1-2,5-6,12H2. The summed E-state index contributed by atoms with van der Waals surface area (Å²) < 4.78 is 4.65. The molecule has 1 aliphatic heterocycles. The molecule has 1 aromatic heterocycles. The Balaban J connectivity index is 2.07. The number of anilines is 1. The molecule has 0 radical (unpaired) electrons. The van der Waals surface area contributed by atoms with Gasteiger partial charge in [0.05, 0.1) is 10.6 Å². The molecule has 0 spiro atoms. The Bertz CT molecular complexity index is 626. The monoisotopic (exact) mass is 263 g/mol. The third-order valence-electron chi connectivity index (χ3n) is 3.37. The van der Waals surface area contributed by atoms with Gasteiger partial charge >= 0.3 is 5.69 Å². The van der Waals surface area contributed by atoms with Gasteiger partial charge < -0.3 is 10.6 Å². The summed E-state index contributed by atoms with van der Waals surface area (Å²) in [6.07, 6.45) is 1.98. The van der Waals surface area contributed by atoms with Gasteiger partial charge in [0, 0.05) is 25.2 Å². The first-order chi connectivity index (χ1) is 9.16. The van der Waals surface area contributed by atoms with Crippen LogP contribution in [0.2, 0.25) is 0 Å². The van der Waals surface area contributed by atoms with E-state index in [9.17, 15) is 10.1 Å². The molecule has 3 rings (SSSR count). The molecule has 0 saturated carbocycles. The minimum atomic E-state index is -0.488. The van der Waals surface area contributed by atoms with Crippen molar-refractivity contribution in [1.29, 1.82) is 0 Å². The first-order valence-electron chi connectivity index (χ1n) is 6.07. The lowest BCUT2D eigenvalue weighted by molar-refractivity contribution is -0.383. The molecule has 1 unspecified atom stereocenters. The molecular weight excluding hydrogens is 250 g/mol. The van der Waals surface area contributed by atoms with Gasteiger partial charge in [-0.3, -0.25) is 10.1 Å². The molecule has 19 heavy (non-hydrogen) atoms. The number of aromatic nitrogens is 2. The Morgan fingerprint density at radius 2 is 2.21 bits per heavy atom. The molecule has 1 fully saturated rings. The van der Waals surface area contributed by atoms with Crippen LogP contribution in [0.4, 0.5) is 11.4 Å². The minimum absolute atomic E-state index is 0.0960. The minimum Gasteiger partial charge on any atom is -0.368 e. The van der Waals surface area contributed by atoms with Crippen LogP contribution >= 0.6 is 0 Å². The van der Waals surface area contributed by atoms with Crippen molar-refractivity contribution in [3.05, 3.63) is 22.2 Å². The molecular formula is C11H13N5O3. The number of nitro benzene ring substituents is 1. The van der Waals surface area contributed by atoms with Crippen LogP contribution in [0.25, 0.3) is 11.0 Å². The summed E-state index contributed by atoms with van der Waals surface area (Å²) in [6, 6.07) is 3.23. The van der Waals surface area contributed by atoms with Gasteiger partial charge in [0.2, 0.25) is 5.52 Å². The van der Waals surface area contributed by atoms with Crippen LogP contribution in [0, 0.1) is 10.1 Å². The first-order valence-corrected chi connectivity index (χ1v) is 6.07. The first kappa shape index (κ1) is 11.8. The SMILES string of the molecule is NC1CCCN(c2ccc([N+](=O)[O-])c3nonc23)C1. The quantitative estimate of drug-likeness (QED) is 0.636. The van der Waals surface area contributed by atoms with E-state index in [-0.39, 0.29) is 17.2 Å². The lowest BCUT2D eigenvalue weighted by Gasteiger charge is -2.32. The molecule has 0 bridgehead atoms. The van der Waals surface area contributed by atoms with E-state index in [1.165, 1.54) is 6.07 Å². The Kier molecular flexibility index (Phi) is 2.79. The fourth-order valence-electron chi connectivity index (χ4n) is 2.47. The number of nitrogens with zero attached hydrogens (tertiary/aromatic N) is 4. The van der Waals surface area contributed by atoms with E-state index in [1.807, 2.05) is 0 Å². The number of piperidine rings is 1. The van der Waals surface area contributed by atoms with E-state index >= 15 is 0 Å². The highest BCUT2D eigenvalue weighted by molar-refractivity contribution is 5.93. The highest BCUT2D eigenvalue weighted by atomic mass is 16.6. The topological polar surface area (TPSA) is 111 Å². The second kappa shape index (κ2) is 4.47. The van der Waals surface area contributed by atoms with Crippen molar-refractivity contribution in [2.45, 2.75) is 18.9 Å². The molecule has 0 aliphatic carbocycles. The normalized spacial score (nSPS) is 19.8. The van der Waals surface area contributed by atoms with Gasteiger partial charge in [0.15, 0.2) is 5.52 Å². The van der Waals surface area contributed by atoms with Crippen LogP contribution in [0.3, 0.4) is 0 Å². The van der Waals surface area contributed by atoms with Crippen molar-refractivity contribution in [2.24, 2.45) is 5.73 Å². The Hall–Kier alpha value is -2.22. The van der Waals surface area contributed by atoms with Crippen molar-refractivity contribution in [3.63, 3.8) is 0 Å². The zero-order chi connectivity index (χ0) is 13.4. The van der Waals surface area contributed by atoms with E-state index in [0.717, 1.165) is 25.1 Å². The van der Waals surface area contributed by atoms with Crippen molar-refractivity contribution in [1.82, 2.24) is 10.3 Å². The number of nitro groups is 1. The number of hydrogen-bond acceptors (Lipinski definition) is 7. The highest BCUT2D eigenvalue weighted by Crippen LogP contribution is 2.32. The Labute approximate surface area is 108 Å². The number of rotatable bonds is 2. The maximum absolute atomic E-state index is 10.9. The zero-order valence-corrected chi connectivity index (χ0v) is 10.2. The van der Waals surface area contributed by atoms with Gasteiger partial charge in [0.1, 0.15) is 0 Å². The number of hydrogen-bond donors (Lipinski definition) is 1. The van der Waals surface area contributed by atoms with E-state index in [0.29, 0.717) is 12.1 Å². The third kappa shape index (κ3) is 1.99. The molecule has 1 aromatic carbocycles. The van der Waals surface area contributed by atoms with Crippen molar-refractivity contribution >= 4 is 22.4 Å². The maximum Gasteiger partial charge on any atom is 0.300 e. The van der Waals surface area contributed by atoms with E-state index in [4.69, 9.17) is 5.73 Å². The molecule has 8 nitrogen and oxygen atoms in total. The average Bonchev–Trinajstić information content (AvgIpc) is 2.86. The predicted octanol–water partition coefficient (Wildman–Crippen LogP) is 1.06. The van der Waals surface area contributed by atoms with Crippen LogP contribution in [-0.4, -0.2) is 34.4 Å². The summed E-state index contributed by atoms with van der Waals surface area (Å²) in [6.45, 7) is 1.56. The summed E-state index contributed by atoms with van der Waals surface area (Å²) in [5.74, 6) is 0. The van der Waals surface area contributed by atoms with Crippen LogP contribution in [0.1, 0.15) is 12.8 Å². The van der Waals surface area contributed by atoms with Gasteiger partial charge in [-0.05, 0) is 29.2 Å². The summed E-state index contributed by atoms with van der Waals surface area (Å²) in [4.78, 5) is 12.5. The summed E-state index contributed by atoms with van der Waals surface area (Å²) in [5, 5.41) is 18.3. The summed E-state index contributed by atoms with van der Waals surface area (Å²) >= 11 is 0. The lowest BCUT2D eigenvalue weighted by atomic mass is 10.1. The number of benzene rings is 1. The second-order valence-corrected chi connectivity index (χ2v) is 4.67. The third-order valence-corrected chi connectivity index (χ3v) is 3.37. The molecule has 0 amide bonds.